The van der Waals surface area contributed by atoms with Crippen LogP contribution in [0.15, 0.2) is 48.7 Å². The van der Waals surface area contributed by atoms with Gasteiger partial charge in [0.2, 0.25) is 0 Å². The van der Waals surface area contributed by atoms with Crippen molar-refractivity contribution in [1.82, 2.24) is 9.78 Å². The van der Waals surface area contributed by atoms with E-state index in [4.69, 9.17) is 27.9 Å². The standard InChI is InChI=1S/C18H14Cl2N4O4/c1-11-5-6-13(15(9-11)24(26)27)21-18(25)14-7-8-23(22-14)10-28-16-4-2-3-12(19)17(16)20/h2-9H,10H2,1H3,(H,21,25). The molecule has 0 aliphatic carbocycles. The minimum atomic E-state index is -0.577. The highest BCUT2D eigenvalue weighted by atomic mass is 35.5. The number of carbonyl (C=O) groups excluding carboxylic acids is 1. The smallest absolute Gasteiger partial charge is 0.293 e. The molecule has 0 radical (unpaired) electrons. The fraction of sp³-hybridized carbons (Fsp3) is 0.111. The molecular weight excluding hydrogens is 407 g/mol. The number of nitro benzene ring substituents is 1. The number of ether oxygens (including phenoxy) is 1. The number of nitro groups is 1. The Labute approximate surface area is 169 Å². The zero-order valence-electron chi connectivity index (χ0n) is 14.6. The van der Waals surface area contributed by atoms with Crippen LogP contribution in [-0.4, -0.2) is 20.6 Å². The molecule has 1 amide bonds. The van der Waals surface area contributed by atoms with Crippen molar-refractivity contribution in [2.75, 3.05) is 5.32 Å². The lowest BCUT2D eigenvalue weighted by Crippen LogP contribution is -2.15. The maximum absolute atomic E-state index is 12.4. The van der Waals surface area contributed by atoms with Crippen molar-refractivity contribution in [2.45, 2.75) is 13.7 Å². The predicted octanol–water partition coefficient (Wildman–Crippen LogP) is 4.70. The van der Waals surface area contributed by atoms with E-state index in [1.807, 2.05) is 0 Å². The van der Waals surface area contributed by atoms with Gasteiger partial charge in [0.15, 0.2) is 12.4 Å². The Morgan fingerprint density at radius 3 is 2.82 bits per heavy atom. The highest BCUT2D eigenvalue weighted by Crippen LogP contribution is 2.31. The number of aryl methyl sites for hydroxylation is 1. The molecular formula is C18H14Cl2N4O4. The molecule has 0 atom stereocenters. The maximum Gasteiger partial charge on any atom is 0.293 e. The molecule has 0 aliphatic rings. The highest BCUT2D eigenvalue weighted by molar-refractivity contribution is 6.42. The van der Waals surface area contributed by atoms with Crippen molar-refractivity contribution in [2.24, 2.45) is 0 Å². The number of rotatable bonds is 6. The van der Waals surface area contributed by atoms with Gasteiger partial charge in [-0.1, -0.05) is 35.3 Å². The predicted molar refractivity (Wildman–Crippen MR) is 105 cm³/mol. The molecule has 0 aliphatic heterocycles. The first-order valence-electron chi connectivity index (χ1n) is 8.02. The van der Waals surface area contributed by atoms with Crippen LogP contribution in [0.25, 0.3) is 0 Å². The third-order valence-corrected chi connectivity index (χ3v) is 4.54. The van der Waals surface area contributed by atoms with Gasteiger partial charge >= 0.3 is 0 Å². The van der Waals surface area contributed by atoms with E-state index in [1.54, 1.807) is 31.2 Å². The maximum atomic E-state index is 12.4. The molecule has 2 aromatic carbocycles. The largest absolute Gasteiger partial charge is 0.470 e. The van der Waals surface area contributed by atoms with E-state index in [9.17, 15) is 14.9 Å². The minimum Gasteiger partial charge on any atom is -0.470 e. The van der Waals surface area contributed by atoms with Crippen molar-refractivity contribution in [3.05, 3.63) is 80.1 Å². The second kappa shape index (κ2) is 8.28. The number of nitrogens with one attached hydrogen (secondary N) is 1. The van der Waals surface area contributed by atoms with Crippen LogP contribution in [0, 0.1) is 17.0 Å². The van der Waals surface area contributed by atoms with Gasteiger partial charge in [-0.15, -0.1) is 0 Å². The van der Waals surface area contributed by atoms with Gasteiger partial charge in [-0.2, -0.15) is 5.10 Å². The molecule has 10 heteroatoms. The number of amides is 1. The Hall–Kier alpha value is -3.10. The van der Waals surface area contributed by atoms with Crippen LogP contribution in [0.3, 0.4) is 0 Å². The molecule has 1 N–H and O–H groups in total. The van der Waals surface area contributed by atoms with E-state index in [1.165, 1.54) is 29.1 Å². The fourth-order valence-electron chi connectivity index (χ4n) is 2.37. The average Bonchev–Trinajstić information content (AvgIpc) is 3.13. The van der Waals surface area contributed by atoms with Crippen molar-refractivity contribution in [3.8, 4) is 5.75 Å². The second-order valence-electron chi connectivity index (χ2n) is 5.80. The lowest BCUT2D eigenvalue weighted by atomic mass is 10.2. The number of benzene rings is 2. The summed E-state index contributed by atoms with van der Waals surface area (Å²) in [5, 5.41) is 18.4. The number of carbonyl (C=O) groups is 1. The summed E-state index contributed by atoms with van der Waals surface area (Å²) in [5.74, 6) is -0.197. The quantitative estimate of drug-likeness (QED) is 0.460. The second-order valence-corrected chi connectivity index (χ2v) is 6.58. The van der Waals surface area contributed by atoms with Crippen LogP contribution in [-0.2, 0) is 6.73 Å². The summed E-state index contributed by atoms with van der Waals surface area (Å²) in [5.41, 5.74) is 0.699. The van der Waals surface area contributed by atoms with Gasteiger partial charge in [0, 0.05) is 12.3 Å². The lowest BCUT2D eigenvalue weighted by molar-refractivity contribution is -0.384. The third kappa shape index (κ3) is 4.41. The summed E-state index contributed by atoms with van der Waals surface area (Å²) < 4.78 is 6.93. The van der Waals surface area contributed by atoms with E-state index in [-0.39, 0.29) is 28.8 Å². The van der Waals surface area contributed by atoms with Gasteiger partial charge in [0.1, 0.15) is 16.5 Å². The van der Waals surface area contributed by atoms with E-state index in [0.29, 0.717) is 16.3 Å². The van der Waals surface area contributed by atoms with Gasteiger partial charge in [-0.3, -0.25) is 14.9 Å². The Morgan fingerprint density at radius 2 is 2.07 bits per heavy atom. The van der Waals surface area contributed by atoms with Crippen LogP contribution < -0.4 is 10.1 Å². The summed E-state index contributed by atoms with van der Waals surface area (Å²) in [6, 6.07) is 11.0. The molecule has 3 aromatic rings. The number of anilines is 1. The van der Waals surface area contributed by atoms with Gasteiger partial charge in [-0.05, 0) is 36.8 Å². The van der Waals surface area contributed by atoms with Gasteiger partial charge in [0.05, 0.1) is 9.95 Å². The molecule has 0 fully saturated rings. The average molecular weight is 421 g/mol. The zero-order chi connectivity index (χ0) is 20.3. The van der Waals surface area contributed by atoms with Crippen molar-refractivity contribution in [1.29, 1.82) is 0 Å². The first-order valence-corrected chi connectivity index (χ1v) is 8.77. The van der Waals surface area contributed by atoms with Gasteiger partial charge in [-0.25, -0.2) is 4.68 Å². The molecule has 1 heterocycles. The Balaban J connectivity index is 1.69. The van der Waals surface area contributed by atoms with Crippen molar-refractivity contribution >= 4 is 40.5 Å². The summed E-state index contributed by atoms with van der Waals surface area (Å²) in [6.07, 6.45) is 1.54. The fourth-order valence-corrected chi connectivity index (χ4v) is 2.72. The lowest BCUT2D eigenvalue weighted by Gasteiger charge is -2.08. The molecule has 1 aromatic heterocycles. The van der Waals surface area contributed by atoms with E-state index in [0.717, 1.165) is 0 Å². The molecule has 3 rings (SSSR count). The number of halogens is 2. The molecule has 0 bridgehead atoms. The van der Waals surface area contributed by atoms with Crippen molar-refractivity contribution < 1.29 is 14.5 Å². The molecule has 144 valence electrons. The van der Waals surface area contributed by atoms with Crippen LogP contribution >= 0.6 is 23.2 Å². The van der Waals surface area contributed by atoms with Crippen LogP contribution in [0.2, 0.25) is 10.0 Å². The Bertz CT molecular complexity index is 1050. The SMILES string of the molecule is Cc1ccc(NC(=O)c2ccn(COc3cccc(Cl)c3Cl)n2)c([N+](=O)[O-])c1. The summed E-state index contributed by atoms with van der Waals surface area (Å²) >= 11 is 12.0. The van der Waals surface area contributed by atoms with Crippen LogP contribution in [0.4, 0.5) is 11.4 Å². The first kappa shape index (κ1) is 19.7. The molecule has 0 saturated heterocycles. The van der Waals surface area contributed by atoms with Crippen molar-refractivity contribution in [3.63, 3.8) is 0 Å². The Kier molecular flexibility index (Phi) is 5.81. The topological polar surface area (TPSA) is 99.3 Å². The number of aromatic nitrogens is 2. The number of hydrogen-bond acceptors (Lipinski definition) is 5. The van der Waals surface area contributed by atoms with E-state index < -0.39 is 10.8 Å². The summed E-state index contributed by atoms with van der Waals surface area (Å²) in [4.78, 5) is 23.0. The molecule has 0 unspecified atom stereocenters. The van der Waals surface area contributed by atoms with E-state index in [2.05, 4.69) is 10.4 Å². The van der Waals surface area contributed by atoms with E-state index >= 15 is 0 Å². The summed E-state index contributed by atoms with van der Waals surface area (Å²) in [6.45, 7) is 1.73. The number of nitrogens with zero attached hydrogens (tertiary/aromatic N) is 3. The monoisotopic (exact) mass is 420 g/mol. The van der Waals surface area contributed by atoms with Gasteiger partial charge < -0.3 is 10.1 Å². The Morgan fingerprint density at radius 1 is 1.29 bits per heavy atom. The molecule has 8 nitrogen and oxygen atoms in total. The normalized spacial score (nSPS) is 10.5. The first-order chi connectivity index (χ1) is 13.3. The van der Waals surface area contributed by atoms with Gasteiger partial charge in [0.25, 0.3) is 11.6 Å². The minimum absolute atomic E-state index is 0.00196. The molecule has 28 heavy (non-hydrogen) atoms. The molecule has 0 spiro atoms. The van der Waals surface area contributed by atoms with Crippen LogP contribution in [0.5, 0.6) is 5.75 Å². The highest BCUT2D eigenvalue weighted by Gasteiger charge is 2.18. The molecule has 0 saturated carbocycles. The van der Waals surface area contributed by atoms with Crippen LogP contribution in [0.1, 0.15) is 16.1 Å². The number of hydrogen-bond donors (Lipinski definition) is 1. The summed E-state index contributed by atoms with van der Waals surface area (Å²) in [7, 11) is 0. The zero-order valence-corrected chi connectivity index (χ0v) is 16.1. The third-order valence-electron chi connectivity index (χ3n) is 3.74.